The second kappa shape index (κ2) is 9.78. The largest absolute Gasteiger partial charge is 0.300 e. The first-order chi connectivity index (χ1) is 12.4. The van der Waals surface area contributed by atoms with Gasteiger partial charge in [0.05, 0.1) is 5.75 Å². The summed E-state index contributed by atoms with van der Waals surface area (Å²) in [6.07, 6.45) is 3.08. The normalized spacial score (nSPS) is 11.7. The molecular formula is C18H25N3O3S2. The van der Waals surface area contributed by atoms with Gasteiger partial charge in [-0.25, -0.2) is 8.42 Å². The van der Waals surface area contributed by atoms with Gasteiger partial charge in [0.2, 0.25) is 11.0 Å². The highest BCUT2D eigenvalue weighted by Crippen LogP contribution is 2.27. The third kappa shape index (κ3) is 6.49. The Morgan fingerprint density at radius 2 is 1.85 bits per heavy atom. The molecule has 0 aliphatic heterocycles. The zero-order chi connectivity index (χ0) is 19.0. The van der Waals surface area contributed by atoms with E-state index < -0.39 is 21.5 Å². The lowest BCUT2D eigenvalue weighted by Crippen LogP contribution is -2.24. The van der Waals surface area contributed by atoms with Crippen molar-refractivity contribution in [3.8, 4) is 0 Å². The van der Waals surface area contributed by atoms with Gasteiger partial charge in [0.1, 0.15) is 10.8 Å². The highest BCUT2D eigenvalue weighted by atomic mass is 32.2. The van der Waals surface area contributed by atoms with E-state index in [1.807, 2.05) is 30.3 Å². The summed E-state index contributed by atoms with van der Waals surface area (Å²) in [5.74, 6) is -0.775. The van der Waals surface area contributed by atoms with Crippen molar-refractivity contribution in [3.05, 3.63) is 40.9 Å². The maximum absolute atomic E-state index is 12.1. The molecule has 0 fully saturated rings. The Labute approximate surface area is 159 Å². The average molecular weight is 396 g/mol. The number of sulfone groups is 1. The number of anilines is 1. The number of nitrogens with one attached hydrogen (secondary N) is 1. The molecule has 0 aliphatic carbocycles. The summed E-state index contributed by atoms with van der Waals surface area (Å²) >= 11 is 1.31. The van der Waals surface area contributed by atoms with Crippen LogP contribution in [0.4, 0.5) is 5.13 Å². The third-order valence-corrected chi connectivity index (χ3v) is 6.75. The second-order valence-corrected chi connectivity index (χ2v) is 9.38. The highest BCUT2D eigenvalue weighted by Gasteiger charge is 2.19. The maximum atomic E-state index is 12.1. The van der Waals surface area contributed by atoms with E-state index in [1.54, 1.807) is 0 Å². The van der Waals surface area contributed by atoms with Gasteiger partial charge >= 0.3 is 0 Å². The van der Waals surface area contributed by atoms with Gasteiger partial charge in [-0.2, -0.15) is 0 Å². The molecule has 1 heterocycles. The molecule has 142 valence electrons. The second-order valence-electron chi connectivity index (χ2n) is 6.19. The van der Waals surface area contributed by atoms with Crippen LogP contribution in [-0.2, 0) is 21.1 Å². The predicted molar refractivity (Wildman–Crippen MR) is 105 cm³/mol. The van der Waals surface area contributed by atoms with Crippen LogP contribution in [0.3, 0.4) is 0 Å². The summed E-state index contributed by atoms with van der Waals surface area (Å²) in [6.45, 7) is 4.16. The smallest absolute Gasteiger partial charge is 0.241 e. The molecule has 1 aromatic carbocycles. The number of carbonyl (C=O) groups is 1. The molecule has 0 unspecified atom stereocenters. The van der Waals surface area contributed by atoms with Crippen LogP contribution in [0, 0.1) is 0 Å². The van der Waals surface area contributed by atoms with E-state index in [4.69, 9.17) is 0 Å². The van der Waals surface area contributed by atoms with Gasteiger partial charge in [0, 0.05) is 5.92 Å². The van der Waals surface area contributed by atoms with Crippen LogP contribution in [0.25, 0.3) is 0 Å². The van der Waals surface area contributed by atoms with Crippen molar-refractivity contribution in [2.75, 3.05) is 16.8 Å². The molecule has 0 saturated carbocycles. The van der Waals surface area contributed by atoms with E-state index in [0.29, 0.717) is 23.9 Å². The van der Waals surface area contributed by atoms with E-state index in [1.165, 1.54) is 11.3 Å². The fraction of sp³-hybridized carbons (Fsp3) is 0.500. The molecule has 1 N–H and O–H groups in total. The first-order valence-electron chi connectivity index (χ1n) is 8.81. The molecule has 0 radical (unpaired) electrons. The standard InChI is InChI=1S/C18H25N3O3S2/c1-3-15(4-2)17-20-21-18(25-17)19-16(22)13-26(23,24)12-8-11-14-9-6-5-7-10-14/h5-7,9-10,15H,3-4,8,11-13H2,1-2H3,(H,19,21,22). The Bertz CT molecular complexity index is 800. The molecular weight excluding hydrogens is 370 g/mol. The number of nitrogens with zero attached hydrogens (tertiary/aromatic N) is 2. The summed E-state index contributed by atoms with van der Waals surface area (Å²) < 4.78 is 24.3. The molecule has 1 amide bonds. The van der Waals surface area contributed by atoms with Gasteiger partial charge < -0.3 is 0 Å². The van der Waals surface area contributed by atoms with Crippen molar-refractivity contribution in [3.63, 3.8) is 0 Å². The van der Waals surface area contributed by atoms with Gasteiger partial charge in [0.25, 0.3) is 0 Å². The predicted octanol–water partition coefficient (Wildman–Crippen LogP) is 3.43. The van der Waals surface area contributed by atoms with Gasteiger partial charge in [-0.3, -0.25) is 10.1 Å². The molecule has 2 aromatic rings. The molecule has 1 aromatic heterocycles. The summed E-state index contributed by atoms with van der Waals surface area (Å²) in [6, 6.07) is 9.70. The topological polar surface area (TPSA) is 89.0 Å². The molecule has 0 bridgehead atoms. The molecule has 2 rings (SSSR count). The molecule has 6 nitrogen and oxygen atoms in total. The number of amides is 1. The van der Waals surface area contributed by atoms with Gasteiger partial charge in [-0.15, -0.1) is 10.2 Å². The first-order valence-corrected chi connectivity index (χ1v) is 11.4. The van der Waals surface area contributed by atoms with Gasteiger partial charge in [0.15, 0.2) is 9.84 Å². The summed E-state index contributed by atoms with van der Waals surface area (Å²) in [5.41, 5.74) is 1.09. The number of aromatic nitrogens is 2. The van der Waals surface area contributed by atoms with E-state index >= 15 is 0 Å². The Morgan fingerprint density at radius 3 is 2.50 bits per heavy atom. The Balaban J connectivity index is 1.82. The van der Waals surface area contributed by atoms with E-state index in [0.717, 1.165) is 23.4 Å². The fourth-order valence-corrected chi connectivity index (χ4v) is 4.88. The number of benzene rings is 1. The van der Waals surface area contributed by atoms with Crippen LogP contribution < -0.4 is 5.32 Å². The minimum atomic E-state index is -3.45. The summed E-state index contributed by atoms with van der Waals surface area (Å²) in [4.78, 5) is 12.0. The van der Waals surface area contributed by atoms with Crippen LogP contribution in [0.15, 0.2) is 30.3 Å². The van der Waals surface area contributed by atoms with Crippen LogP contribution in [0.2, 0.25) is 0 Å². The lowest BCUT2D eigenvalue weighted by molar-refractivity contribution is -0.113. The molecule has 26 heavy (non-hydrogen) atoms. The van der Waals surface area contributed by atoms with Crippen molar-refractivity contribution in [1.82, 2.24) is 10.2 Å². The van der Waals surface area contributed by atoms with Crippen molar-refractivity contribution in [1.29, 1.82) is 0 Å². The van der Waals surface area contributed by atoms with Crippen LogP contribution >= 0.6 is 11.3 Å². The number of carbonyl (C=O) groups excluding carboxylic acids is 1. The maximum Gasteiger partial charge on any atom is 0.241 e. The minimum Gasteiger partial charge on any atom is -0.300 e. The average Bonchev–Trinajstić information content (AvgIpc) is 3.04. The molecule has 0 atom stereocenters. The zero-order valence-corrected chi connectivity index (χ0v) is 16.8. The number of rotatable bonds is 10. The van der Waals surface area contributed by atoms with Gasteiger partial charge in [-0.05, 0) is 31.2 Å². The first kappa shape index (κ1) is 20.5. The van der Waals surface area contributed by atoms with Crippen molar-refractivity contribution >= 4 is 32.2 Å². The van der Waals surface area contributed by atoms with Crippen molar-refractivity contribution in [2.24, 2.45) is 0 Å². The quantitative estimate of drug-likeness (QED) is 0.666. The Kier molecular flexibility index (Phi) is 7.71. The van der Waals surface area contributed by atoms with E-state index in [-0.39, 0.29) is 5.75 Å². The SMILES string of the molecule is CCC(CC)c1nnc(NC(=O)CS(=O)(=O)CCCc2ccccc2)s1. The van der Waals surface area contributed by atoms with Crippen LogP contribution in [-0.4, -0.2) is 36.0 Å². The lowest BCUT2D eigenvalue weighted by atomic mass is 10.1. The molecule has 0 saturated heterocycles. The van der Waals surface area contributed by atoms with E-state index in [2.05, 4.69) is 29.4 Å². The Hall–Kier alpha value is -1.80. The molecule has 8 heteroatoms. The molecule has 0 spiro atoms. The van der Waals surface area contributed by atoms with Crippen LogP contribution in [0.5, 0.6) is 0 Å². The number of hydrogen-bond donors (Lipinski definition) is 1. The van der Waals surface area contributed by atoms with Crippen LogP contribution in [0.1, 0.15) is 49.6 Å². The number of hydrogen-bond acceptors (Lipinski definition) is 6. The fourth-order valence-electron chi connectivity index (χ4n) is 2.66. The summed E-state index contributed by atoms with van der Waals surface area (Å²) in [5, 5.41) is 11.8. The summed E-state index contributed by atoms with van der Waals surface area (Å²) in [7, 11) is -3.45. The van der Waals surface area contributed by atoms with Crippen molar-refractivity contribution in [2.45, 2.75) is 45.4 Å². The zero-order valence-electron chi connectivity index (χ0n) is 15.1. The lowest BCUT2D eigenvalue weighted by Gasteiger charge is -2.06. The number of aryl methyl sites for hydroxylation is 1. The highest BCUT2D eigenvalue weighted by molar-refractivity contribution is 7.92. The Morgan fingerprint density at radius 1 is 1.15 bits per heavy atom. The monoisotopic (exact) mass is 395 g/mol. The van der Waals surface area contributed by atoms with Crippen molar-refractivity contribution < 1.29 is 13.2 Å². The minimum absolute atomic E-state index is 0.00950. The molecule has 0 aliphatic rings. The third-order valence-electron chi connectivity index (χ3n) is 4.14. The van der Waals surface area contributed by atoms with E-state index in [9.17, 15) is 13.2 Å². The van der Waals surface area contributed by atoms with Gasteiger partial charge in [-0.1, -0.05) is 55.5 Å².